The molecule has 0 aliphatic carbocycles. The van der Waals surface area contributed by atoms with Crippen LogP contribution in [0.5, 0.6) is 0 Å². The van der Waals surface area contributed by atoms with E-state index in [-0.39, 0.29) is 26.5 Å². The maximum Gasteiger partial charge on any atom is 2.00 e. The molecule has 0 atom stereocenters. The maximum atomic E-state index is 4.97. The van der Waals surface area contributed by atoms with Crippen molar-refractivity contribution in [1.29, 1.82) is 0 Å². The van der Waals surface area contributed by atoms with E-state index in [9.17, 15) is 0 Å². The molecule has 1 aliphatic rings. The number of benzene rings is 5. The number of rotatable bonds is 5. The third kappa shape index (κ3) is 4.83. The average Bonchev–Trinajstić information content (AvgIpc) is 3.72. The van der Waals surface area contributed by atoms with E-state index in [2.05, 4.69) is 139 Å². The van der Waals surface area contributed by atoms with Crippen LogP contribution >= 0.6 is 0 Å². The summed E-state index contributed by atoms with van der Waals surface area (Å²) in [6.07, 6.45) is 5.75. The zero-order valence-electron chi connectivity index (χ0n) is 25.8. The van der Waals surface area contributed by atoms with Crippen molar-refractivity contribution >= 4 is 17.1 Å². The first kappa shape index (κ1) is 29.7. The van der Waals surface area contributed by atoms with Crippen molar-refractivity contribution in [2.24, 2.45) is 7.05 Å². The molecule has 8 rings (SSSR count). The second-order valence-electron chi connectivity index (χ2n) is 11.9. The number of aromatic nitrogens is 4. The minimum atomic E-state index is -0.240. The van der Waals surface area contributed by atoms with Crippen molar-refractivity contribution in [3.63, 3.8) is 0 Å². The number of aryl methyl sites for hydroxylation is 1. The molecule has 46 heavy (non-hydrogen) atoms. The second kappa shape index (κ2) is 11.7. The smallest absolute Gasteiger partial charge is 0.373 e. The number of anilines is 3. The molecule has 0 bridgehead atoms. The van der Waals surface area contributed by atoms with Gasteiger partial charge in [-0.3, -0.25) is 9.67 Å². The summed E-state index contributed by atoms with van der Waals surface area (Å²) < 4.78 is 4.05. The first-order valence-electron chi connectivity index (χ1n) is 15.2. The molecule has 6 heteroatoms. The van der Waals surface area contributed by atoms with Crippen molar-refractivity contribution in [2.45, 2.75) is 19.3 Å². The van der Waals surface area contributed by atoms with Crippen LogP contribution in [0.25, 0.3) is 39.5 Å². The molecule has 7 aromatic rings. The van der Waals surface area contributed by atoms with Crippen molar-refractivity contribution in [2.75, 3.05) is 4.90 Å². The van der Waals surface area contributed by atoms with Crippen molar-refractivity contribution in [1.82, 2.24) is 19.3 Å². The van der Waals surface area contributed by atoms with E-state index in [1.807, 2.05) is 47.0 Å². The van der Waals surface area contributed by atoms with Gasteiger partial charge in [-0.15, -0.1) is 47.5 Å². The largest absolute Gasteiger partial charge is 2.00 e. The van der Waals surface area contributed by atoms with E-state index in [0.29, 0.717) is 0 Å². The summed E-state index contributed by atoms with van der Waals surface area (Å²) in [6, 6.07) is 47.8. The molecule has 0 amide bonds. The Morgan fingerprint density at radius 2 is 1.39 bits per heavy atom. The predicted octanol–water partition coefficient (Wildman–Crippen LogP) is 9.31. The van der Waals surface area contributed by atoms with Gasteiger partial charge in [0.15, 0.2) is 0 Å². The number of para-hydroxylation sites is 1. The first-order valence-corrected chi connectivity index (χ1v) is 15.2. The van der Waals surface area contributed by atoms with Gasteiger partial charge in [0.2, 0.25) is 0 Å². The molecule has 0 radical (unpaired) electrons. The van der Waals surface area contributed by atoms with Gasteiger partial charge in [-0.05, 0) is 34.0 Å². The Morgan fingerprint density at radius 3 is 2.13 bits per heavy atom. The monoisotopic (exact) mass is 776 g/mol. The van der Waals surface area contributed by atoms with Gasteiger partial charge in [0.1, 0.15) is 0 Å². The van der Waals surface area contributed by atoms with Gasteiger partial charge in [-0.2, -0.15) is 11.2 Å². The van der Waals surface area contributed by atoms with Gasteiger partial charge < -0.3 is 9.47 Å². The Morgan fingerprint density at radius 1 is 0.674 bits per heavy atom. The summed E-state index contributed by atoms with van der Waals surface area (Å²) in [4.78, 5) is 6.88. The molecule has 0 saturated carbocycles. The maximum absolute atomic E-state index is 4.97. The summed E-state index contributed by atoms with van der Waals surface area (Å²) in [5.41, 5.74) is 11.4. The fourth-order valence-electron chi connectivity index (χ4n) is 6.57. The summed E-state index contributed by atoms with van der Waals surface area (Å²) in [5, 5.41) is 4.97. The standard InChI is InChI=1S/C40H31N5.Pt/c1-40(2)34-19-10-11-20-36(34)44(31-18-12-17-30(25-31)39-41-23-24-43(39)3)37-26-32(21-22-35(37)40)45-38(29-15-8-5-9-16-29)33(27-42-45)28-13-6-4-7-14-28;/h4-24,27H,1-3H3;/q-2;+2. The van der Waals surface area contributed by atoms with Gasteiger partial charge >= 0.3 is 21.1 Å². The van der Waals surface area contributed by atoms with Crippen LogP contribution in [0.4, 0.5) is 17.1 Å². The van der Waals surface area contributed by atoms with Crippen LogP contribution in [0.1, 0.15) is 25.0 Å². The third-order valence-corrected chi connectivity index (χ3v) is 8.84. The van der Waals surface area contributed by atoms with E-state index in [1.54, 1.807) is 0 Å². The number of imidazole rings is 1. The molecule has 5 aromatic carbocycles. The fourth-order valence-corrected chi connectivity index (χ4v) is 6.57. The van der Waals surface area contributed by atoms with Crippen LogP contribution in [-0.4, -0.2) is 19.3 Å². The first-order chi connectivity index (χ1) is 22.0. The Hall–Kier alpha value is -4.99. The minimum absolute atomic E-state index is 0. The number of hydrogen-bond acceptors (Lipinski definition) is 3. The predicted molar refractivity (Wildman–Crippen MR) is 181 cm³/mol. The Kier molecular flexibility index (Phi) is 7.58. The number of hydrogen-bond donors (Lipinski definition) is 0. The summed E-state index contributed by atoms with van der Waals surface area (Å²) in [7, 11) is 2.01. The van der Waals surface area contributed by atoms with E-state index in [4.69, 9.17) is 5.10 Å². The molecule has 2 aromatic heterocycles. The molecular weight excluding hydrogens is 746 g/mol. The van der Waals surface area contributed by atoms with E-state index in [0.717, 1.165) is 56.5 Å². The summed E-state index contributed by atoms with van der Waals surface area (Å²) >= 11 is 0. The molecule has 0 unspecified atom stereocenters. The average molecular weight is 777 g/mol. The minimum Gasteiger partial charge on any atom is -0.373 e. The fraction of sp³-hybridized carbons (Fsp3) is 0.100. The zero-order valence-corrected chi connectivity index (χ0v) is 28.0. The quantitative estimate of drug-likeness (QED) is 0.164. The molecule has 0 saturated heterocycles. The van der Waals surface area contributed by atoms with Crippen molar-refractivity contribution in [3.05, 3.63) is 157 Å². The summed E-state index contributed by atoms with van der Waals surface area (Å²) in [5.74, 6) is 0.873. The van der Waals surface area contributed by atoms with E-state index < -0.39 is 0 Å². The normalized spacial score (nSPS) is 13.1. The van der Waals surface area contributed by atoms with Crippen molar-refractivity contribution < 1.29 is 21.1 Å². The molecule has 1 aliphatic heterocycles. The van der Waals surface area contributed by atoms with Crippen LogP contribution in [0.2, 0.25) is 0 Å². The molecule has 226 valence electrons. The van der Waals surface area contributed by atoms with Crippen molar-refractivity contribution in [3.8, 4) is 39.5 Å². The molecule has 5 nitrogen and oxygen atoms in total. The van der Waals surface area contributed by atoms with Gasteiger partial charge in [-0.25, -0.2) is 0 Å². The van der Waals surface area contributed by atoms with Crippen LogP contribution < -0.4 is 4.90 Å². The molecule has 0 N–H and O–H groups in total. The van der Waals surface area contributed by atoms with Gasteiger partial charge in [0, 0.05) is 36.3 Å². The molecule has 3 heterocycles. The second-order valence-corrected chi connectivity index (χ2v) is 11.9. The third-order valence-electron chi connectivity index (χ3n) is 8.84. The van der Waals surface area contributed by atoms with Gasteiger partial charge in [0.25, 0.3) is 0 Å². The Balaban J connectivity index is 0.00000338. The van der Waals surface area contributed by atoms with Crippen LogP contribution in [0, 0.1) is 12.1 Å². The van der Waals surface area contributed by atoms with Gasteiger partial charge in [-0.1, -0.05) is 98.4 Å². The topological polar surface area (TPSA) is 38.9 Å². The summed E-state index contributed by atoms with van der Waals surface area (Å²) in [6.45, 7) is 4.58. The van der Waals surface area contributed by atoms with Gasteiger partial charge in [0.05, 0.1) is 17.7 Å². The molecular formula is C40H31N5Pt. The number of fused-ring (bicyclic) bond motifs is 2. The Labute approximate surface area is 284 Å². The van der Waals surface area contributed by atoms with Crippen LogP contribution in [-0.2, 0) is 33.5 Å². The van der Waals surface area contributed by atoms with Crippen LogP contribution in [0.3, 0.4) is 0 Å². The SMILES string of the molecule is Cn1ccnc1-c1[c-]c(N2c3[c-]c(-n4ncc(-c5ccccc5)c4-c4ccccc4)ccc3C(C)(C)c3ccccc32)ccc1.[Pt+2]. The molecule has 0 fully saturated rings. The van der Waals surface area contributed by atoms with Crippen LogP contribution in [0.15, 0.2) is 134 Å². The molecule has 0 spiro atoms. The van der Waals surface area contributed by atoms with E-state index >= 15 is 0 Å². The van der Waals surface area contributed by atoms with E-state index in [1.165, 1.54) is 11.1 Å². The zero-order chi connectivity index (χ0) is 30.5. The Bertz CT molecular complexity index is 2160. The number of nitrogens with zero attached hydrogens (tertiary/aromatic N) is 5.